The predicted molar refractivity (Wildman–Crippen MR) is 158 cm³/mol. The molecule has 1 aromatic carbocycles. The Morgan fingerprint density at radius 3 is 2.48 bits per heavy atom. The number of sulfonamides is 1. The first-order valence-corrected chi connectivity index (χ1v) is 15.5. The number of piperidine rings is 1. The zero-order valence-electron chi connectivity index (χ0n) is 23.5. The Labute approximate surface area is 236 Å². The van der Waals surface area contributed by atoms with Gasteiger partial charge in [-0.15, -0.1) is 0 Å². The van der Waals surface area contributed by atoms with Crippen molar-refractivity contribution in [3.8, 4) is 0 Å². The fourth-order valence-corrected chi connectivity index (χ4v) is 6.43. The fourth-order valence-electron chi connectivity index (χ4n) is 5.60. The number of carbonyl (C=O) groups excluding carboxylic acids is 1. The number of amides is 1. The van der Waals surface area contributed by atoms with Crippen molar-refractivity contribution < 1.29 is 23.4 Å². The molecule has 1 amide bonds. The van der Waals surface area contributed by atoms with E-state index in [1.54, 1.807) is 18.2 Å². The summed E-state index contributed by atoms with van der Waals surface area (Å²) in [7, 11) is -1.72. The standard InChI is InChI=1S/C28H40N6O5S/c1-27(2,18-36)31-25-24-19(6-11-33(24)3)16-23(29-25)30-26(37)21-5-4-20(32-40(38,39)15-14-35)17-22(21)34-12-9-28(7-8-28)10-13-34/h4-5,16-17,32,35-36H,6-15,18H2,1-3H3,(H2,29,30,31,37). The molecule has 5 rings (SSSR count). The van der Waals surface area contributed by atoms with Crippen LogP contribution in [-0.2, 0) is 16.4 Å². The molecule has 0 radical (unpaired) electrons. The Morgan fingerprint density at radius 1 is 1.10 bits per heavy atom. The lowest BCUT2D eigenvalue weighted by atomic mass is 9.93. The second-order valence-corrected chi connectivity index (χ2v) is 13.9. The average Bonchev–Trinajstić information content (AvgIpc) is 3.54. The van der Waals surface area contributed by atoms with Gasteiger partial charge in [-0.05, 0) is 81.2 Å². The number of aliphatic hydroxyl groups excluding tert-OH is 2. The van der Waals surface area contributed by atoms with Crippen LogP contribution in [0.3, 0.4) is 0 Å². The number of carbonyl (C=O) groups is 1. The Kier molecular flexibility index (Phi) is 7.62. The Balaban J connectivity index is 1.45. The monoisotopic (exact) mass is 572 g/mol. The van der Waals surface area contributed by atoms with E-state index in [2.05, 4.69) is 25.2 Å². The van der Waals surface area contributed by atoms with Crippen LogP contribution in [0.25, 0.3) is 0 Å². The molecule has 0 bridgehead atoms. The number of benzene rings is 1. The molecule has 12 heteroatoms. The highest BCUT2D eigenvalue weighted by molar-refractivity contribution is 7.92. The first-order valence-electron chi connectivity index (χ1n) is 13.9. The van der Waals surface area contributed by atoms with E-state index in [0.29, 0.717) is 34.0 Å². The number of pyridine rings is 1. The van der Waals surface area contributed by atoms with Crippen molar-refractivity contribution in [2.75, 3.05) is 70.8 Å². The first kappa shape index (κ1) is 28.4. The van der Waals surface area contributed by atoms with Gasteiger partial charge in [-0.25, -0.2) is 13.4 Å². The van der Waals surface area contributed by atoms with Crippen LogP contribution in [0.1, 0.15) is 55.5 Å². The smallest absolute Gasteiger partial charge is 0.258 e. The van der Waals surface area contributed by atoms with Crippen LogP contribution < -0.4 is 25.2 Å². The number of nitrogens with zero attached hydrogens (tertiary/aromatic N) is 3. The van der Waals surface area contributed by atoms with Crippen LogP contribution in [-0.4, -0.2) is 80.7 Å². The zero-order chi connectivity index (χ0) is 28.7. The normalized spacial score (nSPS) is 18.0. The summed E-state index contributed by atoms with van der Waals surface area (Å²) in [6.45, 7) is 5.62. The van der Waals surface area contributed by atoms with Crippen molar-refractivity contribution in [1.82, 2.24) is 4.98 Å². The SMILES string of the molecule is CN1CCc2cc(NC(=O)c3ccc(NS(=O)(=O)CCO)cc3N3CCC4(CC3)CC4)nc(NC(C)(C)CO)c21. The van der Waals surface area contributed by atoms with E-state index in [0.717, 1.165) is 50.1 Å². The number of nitrogens with one attached hydrogen (secondary N) is 3. The van der Waals surface area contributed by atoms with Gasteiger partial charge in [-0.2, -0.15) is 0 Å². The molecule has 2 fully saturated rings. The summed E-state index contributed by atoms with van der Waals surface area (Å²) >= 11 is 0. The molecule has 2 aliphatic heterocycles. The van der Waals surface area contributed by atoms with Gasteiger partial charge in [0, 0.05) is 26.7 Å². The lowest BCUT2D eigenvalue weighted by Gasteiger charge is -2.35. The molecular weight excluding hydrogens is 532 g/mol. The second kappa shape index (κ2) is 10.7. The minimum absolute atomic E-state index is 0.0847. The molecule has 1 saturated heterocycles. The lowest BCUT2D eigenvalue weighted by molar-refractivity contribution is 0.102. The number of rotatable bonds is 10. The molecule has 11 nitrogen and oxygen atoms in total. The third kappa shape index (κ3) is 6.13. The summed E-state index contributed by atoms with van der Waals surface area (Å²) in [6, 6.07) is 6.80. The molecule has 1 aliphatic carbocycles. The van der Waals surface area contributed by atoms with Crippen LogP contribution >= 0.6 is 0 Å². The van der Waals surface area contributed by atoms with E-state index < -0.39 is 27.9 Å². The zero-order valence-corrected chi connectivity index (χ0v) is 24.3. The van der Waals surface area contributed by atoms with E-state index in [4.69, 9.17) is 10.1 Å². The summed E-state index contributed by atoms with van der Waals surface area (Å²) in [4.78, 5) is 22.7. The topological polar surface area (TPSA) is 147 Å². The third-order valence-electron chi connectivity index (χ3n) is 8.26. The number of hydrogen-bond donors (Lipinski definition) is 5. The van der Waals surface area contributed by atoms with Crippen LogP contribution in [0.15, 0.2) is 24.3 Å². The molecule has 40 heavy (non-hydrogen) atoms. The number of aromatic nitrogens is 1. The van der Waals surface area contributed by atoms with Crippen molar-refractivity contribution in [3.63, 3.8) is 0 Å². The highest BCUT2D eigenvalue weighted by atomic mass is 32.2. The summed E-state index contributed by atoms with van der Waals surface area (Å²) in [5, 5.41) is 25.2. The third-order valence-corrected chi connectivity index (χ3v) is 9.53. The number of fused-ring (bicyclic) bond motifs is 1. The number of likely N-dealkylation sites (N-methyl/N-ethyl adjacent to an activating group) is 1. The van der Waals surface area contributed by atoms with E-state index in [-0.39, 0.29) is 12.5 Å². The van der Waals surface area contributed by atoms with Gasteiger partial charge in [0.1, 0.15) is 5.82 Å². The van der Waals surface area contributed by atoms with E-state index in [1.807, 2.05) is 27.0 Å². The largest absolute Gasteiger partial charge is 0.395 e. The summed E-state index contributed by atoms with van der Waals surface area (Å²) in [5.41, 5.74) is 3.30. The number of aliphatic hydroxyl groups is 2. The molecule has 1 saturated carbocycles. The fraction of sp³-hybridized carbons (Fsp3) is 0.571. The van der Waals surface area contributed by atoms with Gasteiger partial charge in [0.15, 0.2) is 5.82 Å². The second-order valence-electron chi connectivity index (χ2n) is 12.0. The van der Waals surface area contributed by atoms with Crippen molar-refractivity contribution in [2.45, 2.75) is 51.5 Å². The molecule has 3 aliphatic rings. The molecule has 2 aromatic rings. The summed E-state index contributed by atoms with van der Waals surface area (Å²) < 4.78 is 27.1. The maximum atomic E-state index is 13.7. The summed E-state index contributed by atoms with van der Waals surface area (Å²) in [5.74, 6) is 0.271. The van der Waals surface area contributed by atoms with E-state index in [9.17, 15) is 18.3 Å². The van der Waals surface area contributed by atoms with Crippen molar-refractivity contribution in [3.05, 3.63) is 35.4 Å². The van der Waals surface area contributed by atoms with Gasteiger partial charge in [0.2, 0.25) is 10.0 Å². The number of anilines is 5. The molecule has 5 N–H and O–H groups in total. The minimum Gasteiger partial charge on any atom is -0.395 e. The van der Waals surface area contributed by atoms with Gasteiger partial charge in [-0.1, -0.05) is 0 Å². The molecule has 218 valence electrons. The van der Waals surface area contributed by atoms with Crippen LogP contribution in [0.4, 0.5) is 28.7 Å². The maximum absolute atomic E-state index is 13.7. The van der Waals surface area contributed by atoms with E-state index in [1.165, 1.54) is 12.8 Å². The molecule has 1 spiro atoms. The Morgan fingerprint density at radius 2 is 1.82 bits per heavy atom. The lowest BCUT2D eigenvalue weighted by Crippen LogP contribution is -2.36. The molecule has 0 atom stereocenters. The quantitative estimate of drug-likeness (QED) is 0.290. The van der Waals surface area contributed by atoms with E-state index >= 15 is 0 Å². The highest BCUT2D eigenvalue weighted by Gasteiger charge is 2.44. The molecule has 3 heterocycles. The van der Waals surface area contributed by atoms with Crippen LogP contribution in [0.2, 0.25) is 0 Å². The van der Waals surface area contributed by atoms with Crippen molar-refractivity contribution in [1.29, 1.82) is 0 Å². The van der Waals surface area contributed by atoms with Gasteiger partial charge >= 0.3 is 0 Å². The Bertz CT molecular complexity index is 1380. The number of hydrogen-bond acceptors (Lipinski definition) is 9. The summed E-state index contributed by atoms with van der Waals surface area (Å²) in [6.07, 6.45) is 5.40. The van der Waals surface area contributed by atoms with Gasteiger partial charge in [-0.3, -0.25) is 9.52 Å². The first-order chi connectivity index (χ1) is 18.9. The maximum Gasteiger partial charge on any atom is 0.258 e. The highest BCUT2D eigenvalue weighted by Crippen LogP contribution is 2.54. The van der Waals surface area contributed by atoms with Gasteiger partial charge in [0.25, 0.3) is 5.91 Å². The van der Waals surface area contributed by atoms with Crippen LogP contribution in [0, 0.1) is 5.41 Å². The molecular formula is C28H40N6O5S. The molecule has 0 unspecified atom stereocenters. The van der Waals surface area contributed by atoms with Crippen molar-refractivity contribution >= 4 is 44.6 Å². The van der Waals surface area contributed by atoms with Gasteiger partial charge < -0.3 is 30.6 Å². The van der Waals surface area contributed by atoms with Crippen molar-refractivity contribution in [2.24, 2.45) is 5.41 Å². The van der Waals surface area contributed by atoms with Crippen LogP contribution in [0.5, 0.6) is 0 Å². The van der Waals surface area contributed by atoms with Gasteiger partial charge in [0.05, 0.1) is 47.1 Å². The molecule has 1 aromatic heterocycles. The minimum atomic E-state index is -3.71. The average molecular weight is 573 g/mol. The predicted octanol–water partition coefficient (Wildman–Crippen LogP) is 2.62. The Hall–Kier alpha value is -3.09.